The minimum atomic E-state index is -3.29. The smallest absolute Gasteiger partial charge is 0.246 e. The highest BCUT2D eigenvalue weighted by atomic mass is 35.5. The third kappa shape index (κ3) is 3.55. The maximum atomic E-state index is 12.4. The maximum Gasteiger partial charge on any atom is 0.246 e. The van der Waals surface area contributed by atoms with Gasteiger partial charge in [-0.3, -0.25) is 4.79 Å². The predicted molar refractivity (Wildman–Crippen MR) is 108 cm³/mol. The van der Waals surface area contributed by atoms with Gasteiger partial charge in [-0.1, -0.05) is 29.0 Å². The zero-order chi connectivity index (χ0) is 19.2. The van der Waals surface area contributed by atoms with E-state index >= 15 is 0 Å². The number of anilines is 1. The zero-order valence-electron chi connectivity index (χ0n) is 14.1. The molecule has 0 spiro atoms. The second-order valence-electron chi connectivity index (χ2n) is 6.09. The molecule has 0 saturated carbocycles. The summed E-state index contributed by atoms with van der Waals surface area (Å²) >= 11 is 7.40. The van der Waals surface area contributed by atoms with E-state index in [2.05, 4.69) is 10.3 Å². The number of amides is 1. The second-order valence-corrected chi connectivity index (χ2v) is 9.54. The van der Waals surface area contributed by atoms with Crippen molar-refractivity contribution >= 4 is 64.9 Å². The van der Waals surface area contributed by atoms with E-state index in [1.807, 2.05) is 29.0 Å². The number of sulfone groups is 1. The van der Waals surface area contributed by atoms with Gasteiger partial charge in [-0.15, -0.1) is 0 Å². The van der Waals surface area contributed by atoms with E-state index in [1.165, 1.54) is 17.4 Å². The lowest BCUT2D eigenvalue weighted by Crippen LogP contribution is -2.18. The van der Waals surface area contributed by atoms with Crippen LogP contribution < -0.4 is 5.32 Å². The fourth-order valence-electron chi connectivity index (χ4n) is 2.83. The first-order valence-electron chi connectivity index (χ1n) is 7.95. The standard InChI is InChI=1S/C18H14ClN3O3S2/c1-27(24,25)11-5-6-14-16(9-11)26-18(20-14)21-17(23)10-22-8-7-12-13(19)3-2-4-15(12)22/h2-9H,10H2,1H3,(H,20,21,23). The molecule has 0 radical (unpaired) electrons. The number of benzene rings is 2. The van der Waals surface area contributed by atoms with E-state index < -0.39 is 9.84 Å². The first-order chi connectivity index (χ1) is 12.8. The van der Waals surface area contributed by atoms with Crippen LogP contribution in [0.5, 0.6) is 0 Å². The molecule has 0 bridgehead atoms. The molecule has 0 aliphatic heterocycles. The third-order valence-electron chi connectivity index (χ3n) is 4.11. The summed E-state index contributed by atoms with van der Waals surface area (Å²) in [6.45, 7) is 0.119. The van der Waals surface area contributed by atoms with Crippen LogP contribution in [0.25, 0.3) is 21.1 Å². The van der Waals surface area contributed by atoms with Crippen molar-refractivity contribution in [2.75, 3.05) is 11.6 Å². The molecule has 0 saturated heterocycles. The Balaban J connectivity index is 1.56. The Morgan fingerprint density at radius 2 is 2.07 bits per heavy atom. The Morgan fingerprint density at radius 3 is 2.85 bits per heavy atom. The van der Waals surface area contributed by atoms with E-state index in [4.69, 9.17) is 11.6 Å². The highest BCUT2D eigenvalue weighted by Gasteiger charge is 2.13. The van der Waals surface area contributed by atoms with Gasteiger partial charge in [0.1, 0.15) is 6.54 Å². The van der Waals surface area contributed by atoms with Crippen LogP contribution in [0.4, 0.5) is 5.13 Å². The zero-order valence-corrected chi connectivity index (χ0v) is 16.5. The number of rotatable bonds is 4. The minimum Gasteiger partial charge on any atom is -0.338 e. The van der Waals surface area contributed by atoms with Crippen LogP contribution in [0.3, 0.4) is 0 Å². The molecule has 6 nitrogen and oxygen atoms in total. The molecule has 4 rings (SSSR count). The van der Waals surface area contributed by atoms with Crippen molar-refractivity contribution in [1.29, 1.82) is 0 Å². The van der Waals surface area contributed by atoms with Gasteiger partial charge in [0.15, 0.2) is 15.0 Å². The van der Waals surface area contributed by atoms with Gasteiger partial charge in [-0.25, -0.2) is 13.4 Å². The Morgan fingerprint density at radius 1 is 1.26 bits per heavy atom. The summed E-state index contributed by atoms with van der Waals surface area (Å²) in [4.78, 5) is 17.0. The van der Waals surface area contributed by atoms with Crippen molar-refractivity contribution in [1.82, 2.24) is 9.55 Å². The van der Waals surface area contributed by atoms with Crippen LogP contribution >= 0.6 is 22.9 Å². The molecule has 0 atom stereocenters. The number of hydrogen-bond donors (Lipinski definition) is 1. The van der Waals surface area contributed by atoms with Crippen LogP contribution in [-0.4, -0.2) is 30.1 Å². The minimum absolute atomic E-state index is 0.119. The summed E-state index contributed by atoms with van der Waals surface area (Å²) < 4.78 is 25.9. The number of carbonyl (C=O) groups is 1. The van der Waals surface area contributed by atoms with Crippen molar-refractivity contribution in [3.63, 3.8) is 0 Å². The largest absolute Gasteiger partial charge is 0.338 e. The number of hydrogen-bond acceptors (Lipinski definition) is 5. The molecule has 0 aliphatic carbocycles. The van der Waals surface area contributed by atoms with Gasteiger partial charge in [0, 0.05) is 28.4 Å². The summed E-state index contributed by atoms with van der Waals surface area (Å²) in [5, 5.41) is 4.73. The number of halogens is 1. The lowest BCUT2D eigenvalue weighted by atomic mass is 10.2. The normalized spacial score (nSPS) is 11.9. The van der Waals surface area contributed by atoms with Crippen molar-refractivity contribution in [2.45, 2.75) is 11.4 Å². The number of fused-ring (bicyclic) bond motifs is 2. The average molecular weight is 420 g/mol. The molecular weight excluding hydrogens is 406 g/mol. The lowest BCUT2D eigenvalue weighted by molar-refractivity contribution is -0.116. The second kappa shape index (κ2) is 6.63. The van der Waals surface area contributed by atoms with Crippen LogP contribution in [0.2, 0.25) is 5.02 Å². The monoisotopic (exact) mass is 419 g/mol. The summed E-state index contributed by atoms with van der Waals surface area (Å²) in [6.07, 6.45) is 2.97. The molecular formula is C18H14ClN3O3S2. The molecule has 1 amide bonds. The Hall–Kier alpha value is -2.42. The Kier molecular flexibility index (Phi) is 4.41. The molecule has 0 aliphatic rings. The van der Waals surface area contributed by atoms with Gasteiger partial charge in [0.25, 0.3) is 0 Å². The Bertz CT molecular complexity index is 1290. The number of nitrogens with one attached hydrogen (secondary N) is 1. The first kappa shape index (κ1) is 18.0. The quantitative estimate of drug-likeness (QED) is 0.543. The number of aromatic nitrogens is 2. The molecule has 2 aromatic carbocycles. The van der Waals surface area contributed by atoms with Gasteiger partial charge in [0.2, 0.25) is 5.91 Å². The van der Waals surface area contributed by atoms with Gasteiger partial charge < -0.3 is 9.88 Å². The molecule has 2 aromatic heterocycles. The summed E-state index contributed by atoms with van der Waals surface area (Å²) in [6, 6.07) is 12.1. The van der Waals surface area contributed by atoms with E-state index in [9.17, 15) is 13.2 Å². The van der Waals surface area contributed by atoms with Gasteiger partial charge in [0.05, 0.1) is 15.1 Å². The molecule has 9 heteroatoms. The fraction of sp³-hybridized carbons (Fsp3) is 0.111. The average Bonchev–Trinajstić information content (AvgIpc) is 3.18. The SMILES string of the molecule is CS(=O)(=O)c1ccc2nc(NC(=O)Cn3ccc4c(Cl)cccc43)sc2c1. The summed E-state index contributed by atoms with van der Waals surface area (Å²) in [5.41, 5.74) is 1.51. The van der Waals surface area contributed by atoms with Gasteiger partial charge in [-0.05, 0) is 36.4 Å². The van der Waals surface area contributed by atoms with Crippen LogP contribution in [0.15, 0.2) is 53.6 Å². The predicted octanol–water partition coefficient (Wildman–Crippen LogP) is 3.95. The van der Waals surface area contributed by atoms with Crippen molar-refractivity contribution < 1.29 is 13.2 Å². The molecule has 4 aromatic rings. The number of carbonyl (C=O) groups excluding carboxylic acids is 1. The highest BCUT2D eigenvalue weighted by Crippen LogP contribution is 2.28. The summed E-state index contributed by atoms with van der Waals surface area (Å²) in [5.74, 6) is -0.227. The van der Waals surface area contributed by atoms with E-state index in [0.29, 0.717) is 20.4 Å². The topological polar surface area (TPSA) is 81.1 Å². The fourth-order valence-corrected chi connectivity index (χ4v) is 4.70. The van der Waals surface area contributed by atoms with Gasteiger partial charge >= 0.3 is 0 Å². The number of nitrogens with zero attached hydrogens (tertiary/aromatic N) is 2. The molecule has 2 heterocycles. The molecule has 1 N–H and O–H groups in total. The lowest BCUT2D eigenvalue weighted by Gasteiger charge is -2.05. The number of thiazole rings is 1. The highest BCUT2D eigenvalue weighted by molar-refractivity contribution is 7.90. The van der Waals surface area contributed by atoms with Crippen molar-refractivity contribution in [3.8, 4) is 0 Å². The molecule has 138 valence electrons. The molecule has 0 fully saturated rings. The maximum absolute atomic E-state index is 12.4. The van der Waals surface area contributed by atoms with Crippen LogP contribution in [-0.2, 0) is 21.2 Å². The van der Waals surface area contributed by atoms with Crippen molar-refractivity contribution in [3.05, 3.63) is 53.7 Å². The van der Waals surface area contributed by atoms with Crippen LogP contribution in [0.1, 0.15) is 0 Å². The van der Waals surface area contributed by atoms with Crippen molar-refractivity contribution in [2.24, 2.45) is 0 Å². The van der Waals surface area contributed by atoms with E-state index in [-0.39, 0.29) is 17.3 Å². The van der Waals surface area contributed by atoms with E-state index in [0.717, 1.165) is 17.2 Å². The van der Waals surface area contributed by atoms with Crippen LogP contribution in [0, 0.1) is 0 Å². The van der Waals surface area contributed by atoms with Gasteiger partial charge in [-0.2, -0.15) is 0 Å². The third-order valence-corrected chi connectivity index (χ3v) is 6.48. The Labute approximate surface area is 164 Å². The molecule has 27 heavy (non-hydrogen) atoms. The van der Waals surface area contributed by atoms with E-state index in [1.54, 1.807) is 18.2 Å². The first-order valence-corrected chi connectivity index (χ1v) is 11.0. The summed E-state index contributed by atoms with van der Waals surface area (Å²) in [7, 11) is -3.29. The molecule has 0 unspecified atom stereocenters.